The van der Waals surface area contributed by atoms with Gasteiger partial charge in [0.2, 0.25) is 0 Å². The van der Waals surface area contributed by atoms with Crippen LogP contribution in [0.2, 0.25) is 0 Å². The summed E-state index contributed by atoms with van der Waals surface area (Å²) < 4.78 is 0. The monoisotopic (exact) mass is 425 g/mol. The second-order valence-corrected chi connectivity index (χ2v) is 7.17. The van der Waals surface area contributed by atoms with Gasteiger partial charge in [-0.15, -0.1) is 0 Å². The molecule has 2 aromatic carbocycles. The van der Waals surface area contributed by atoms with Crippen LogP contribution in [0.3, 0.4) is 0 Å². The Morgan fingerprint density at radius 1 is 1.04 bits per heavy atom. The second kappa shape index (κ2) is 10.1. The first-order chi connectivity index (χ1) is 10.9. The van der Waals surface area contributed by atoms with E-state index in [1.807, 2.05) is 26.0 Å². The summed E-state index contributed by atoms with van der Waals surface area (Å²) in [5.74, 6) is 0.232. The van der Waals surface area contributed by atoms with Crippen LogP contribution in [0.1, 0.15) is 30.9 Å². The van der Waals surface area contributed by atoms with Crippen LogP contribution in [-0.2, 0) is 27.3 Å². The van der Waals surface area contributed by atoms with Crippen molar-refractivity contribution in [2.24, 2.45) is 0 Å². The normalized spacial score (nSPS) is 15.9. The van der Waals surface area contributed by atoms with E-state index in [0.29, 0.717) is 0 Å². The summed E-state index contributed by atoms with van der Waals surface area (Å²) in [5, 5.41) is 13.1. The number of allylic oxidation sites excluding steroid dienone is 2. The summed E-state index contributed by atoms with van der Waals surface area (Å²) in [7, 11) is 4.17. The molecule has 0 radical (unpaired) electrons. The Balaban J connectivity index is 0.00000208. The molecule has 0 heterocycles. The maximum absolute atomic E-state index is 10.8. The minimum Gasteiger partial charge on any atom is -1.00 e. The molecule has 5 heteroatoms. The molecular weight excluding hydrogens is 401 g/mol. The molecule has 3 rings (SSSR count). The van der Waals surface area contributed by atoms with Crippen molar-refractivity contribution < 1.29 is 51.6 Å². The molecule has 1 atom stereocenters. The number of benzene rings is 2. The van der Waals surface area contributed by atoms with Gasteiger partial charge in [0, 0.05) is 12.5 Å². The van der Waals surface area contributed by atoms with E-state index in [-0.39, 0.29) is 52.4 Å². The predicted molar refractivity (Wildman–Crippen MR) is 97.7 cm³/mol. The number of aliphatic hydroxyl groups is 1. The Morgan fingerprint density at radius 3 is 2.31 bits per heavy atom. The van der Waals surface area contributed by atoms with E-state index < -0.39 is 5.60 Å². The third-order valence-electron chi connectivity index (χ3n) is 4.34. The molecule has 2 aromatic rings. The van der Waals surface area contributed by atoms with Gasteiger partial charge in [-0.1, -0.05) is 54.6 Å². The van der Waals surface area contributed by atoms with Crippen molar-refractivity contribution in [3.05, 3.63) is 71.3 Å². The SMILES string of the molecule is CN(C)CC1=CC(c2ccc3ccccc3c2C(C)(C)O)C=C1.[Cl-].[Cl-].[Ti+2]. The molecule has 1 aliphatic carbocycles. The van der Waals surface area contributed by atoms with Gasteiger partial charge in [-0.05, 0) is 55.4 Å². The van der Waals surface area contributed by atoms with Gasteiger partial charge in [-0.2, -0.15) is 0 Å². The van der Waals surface area contributed by atoms with Crippen molar-refractivity contribution in [1.82, 2.24) is 4.90 Å². The number of rotatable bonds is 4. The number of hydrogen-bond donors (Lipinski definition) is 1. The average molecular weight is 426 g/mol. The maximum atomic E-state index is 10.8. The Labute approximate surface area is 184 Å². The van der Waals surface area contributed by atoms with Gasteiger partial charge in [0.15, 0.2) is 0 Å². The van der Waals surface area contributed by atoms with Crippen LogP contribution in [-0.4, -0.2) is 30.6 Å². The molecule has 1 unspecified atom stereocenters. The van der Waals surface area contributed by atoms with Gasteiger partial charge in [0.25, 0.3) is 0 Å². The van der Waals surface area contributed by atoms with Gasteiger partial charge in [-0.25, -0.2) is 0 Å². The summed E-state index contributed by atoms with van der Waals surface area (Å²) in [5.41, 5.74) is 2.69. The van der Waals surface area contributed by atoms with Gasteiger partial charge in [0.05, 0.1) is 5.60 Å². The molecule has 0 bridgehead atoms. The molecule has 26 heavy (non-hydrogen) atoms. The van der Waals surface area contributed by atoms with Gasteiger partial charge >= 0.3 is 21.7 Å². The molecule has 1 N–H and O–H groups in total. The van der Waals surface area contributed by atoms with Crippen molar-refractivity contribution >= 4 is 10.8 Å². The zero-order valence-corrected chi connectivity index (χ0v) is 18.7. The van der Waals surface area contributed by atoms with Crippen LogP contribution in [0.5, 0.6) is 0 Å². The summed E-state index contributed by atoms with van der Waals surface area (Å²) >= 11 is 0. The predicted octanol–water partition coefficient (Wildman–Crippen LogP) is -1.79. The van der Waals surface area contributed by atoms with Crippen molar-refractivity contribution in [3.8, 4) is 0 Å². The topological polar surface area (TPSA) is 23.5 Å². The fraction of sp³-hybridized carbons (Fsp3) is 0.333. The Bertz CT molecular complexity index is 794. The minimum absolute atomic E-state index is 0. The summed E-state index contributed by atoms with van der Waals surface area (Å²) in [6.45, 7) is 4.70. The van der Waals surface area contributed by atoms with E-state index in [4.69, 9.17) is 0 Å². The standard InChI is InChI=1S/C21H25NO.2ClH.Ti/c1-21(2,23)20-18-8-6-5-7-16(18)11-12-19(20)17-10-9-15(13-17)14-22(3)4;;;/h5-13,17,23H,14H2,1-4H3;2*1H;/q;;;+2/p-2. The molecule has 0 spiro atoms. The van der Waals surface area contributed by atoms with Crippen LogP contribution in [0.15, 0.2) is 60.2 Å². The van der Waals surface area contributed by atoms with Crippen LogP contribution >= 0.6 is 0 Å². The van der Waals surface area contributed by atoms with Crippen LogP contribution in [0.25, 0.3) is 10.8 Å². The van der Waals surface area contributed by atoms with Crippen molar-refractivity contribution in [3.63, 3.8) is 0 Å². The third-order valence-corrected chi connectivity index (χ3v) is 4.34. The first-order valence-corrected chi connectivity index (χ1v) is 8.14. The quantitative estimate of drug-likeness (QED) is 0.585. The van der Waals surface area contributed by atoms with Gasteiger partial charge in [-0.3, -0.25) is 0 Å². The first-order valence-electron chi connectivity index (χ1n) is 8.14. The minimum atomic E-state index is -0.873. The van der Waals surface area contributed by atoms with Crippen LogP contribution in [0.4, 0.5) is 0 Å². The zero-order chi connectivity index (χ0) is 16.6. The number of likely N-dealkylation sites (N-methyl/N-ethyl adjacent to an activating group) is 1. The van der Waals surface area contributed by atoms with E-state index in [2.05, 4.69) is 61.5 Å². The first kappa shape index (κ1) is 25.4. The van der Waals surface area contributed by atoms with Crippen molar-refractivity contribution in [1.29, 1.82) is 0 Å². The number of hydrogen-bond acceptors (Lipinski definition) is 2. The van der Waals surface area contributed by atoms with E-state index >= 15 is 0 Å². The molecule has 0 saturated heterocycles. The number of nitrogens with zero attached hydrogens (tertiary/aromatic N) is 1. The molecule has 0 saturated carbocycles. The van der Waals surface area contributed by atoms with Gasteiger partial charge in [0.1, 0.15) is 0 Å². The fourth-order valence-electron chi connectivity index (χ4n) is 3.48. The molecule has 0 aliphatic heterocycles. The Hall–Kier alpha value is -0.606. The maximum Gasteiger partial charge on any atom is 2.00 e. The molecule has 1 aliphatic rings. The van der Waals surface area contributed by atoms with Crippen molar-refractivity contribution in [2.45, 2.75) is 25.4 Å². The van der Waals surface area contributed by atoms with Gasteiger partial charge < -0.3 is 34.8 Å². The third kappa shape index (κ3) is 5.45. The molecule has 0 aromatic heterocycles. The molecule has 138 valence electrons. The van der Waals surface area contributed by atoms with E-state index in [0.717, 1.165) is 17.5 Å². The van der Waals surface area contributed by atoms with E-state index in [9.17, 15) is 5.11 Å². The fourth-order valence-corrected chi connectivity index (χ4v) is 3.48. The largest absolute Gasteiger partial charge is 2.00 e. The zero-order valence-electron chi connectivity index (χ0n) is 15.6. The Kier molecular flexibility index (Phi) is 9.84. The van der Waals surface area contributed by atoms with Crippen molar-refractivity contribution in [2.75, 3.05) is 20.6 Å². The molecule has 0 amide bonds. The second-order valence-electron chi connectivity index (χ2n) is 7.17. The van der Waals surface area contributed by atoms with E-state index in [1.165, 1.54) is 16.5 Å². The number of fused-ring (bicyclic) bond motifs is 1. The molecule has 0 fully saturated rings. The summed E-state index contributed by atoms with van der Waals surface area (Å²) in [6.07, 6.45) is 6.74. The average Bonchev–Trinajstić information content (AvgIpc) is 2.92. The van der Waals surface area contributed by atoms with Crippen LogP contribution in [0, 0.1) is 0 Å². The Morgan fingerprint density at radius 2 is 1.69 bits per heavy atom. The smallest absolute Gasteiger partial charge is 1.00 e. The molecular formula is C21H25Cl2NOTi. The van der Waals surface area contributed by atoms with Crippen LogP contribution < -0.4 is 24.8 Å². The number of halogens is 2. The summed E-state index contributed by atoms with van der Waals surface area (Å²) in [6, 6.07) is 12.6. The molecule has 2 nitrogen and oxygen atoms in total. The van der Waals surface area contributed by atoms with E-state index in [1.54, 1.807) is 0 Å². The summed E-state index contributed by atoms with van der Waals surface area (Å²) in [4.78, 5) is 2.18.